The van der Waals surface area contributed by atoms with E-state index in [0.717, 1.165) is 0 Å². The maximum atomic E-state index is 11.9. The zero-order chi connectivity index (χ0) is 12.4. The van der Waals surface area contributed by atoms with Crippen LogP contribution in [0.1, 0.15) is 6.42 Å². The largest absolute Gasteiger partial charge is 0.481 e. The lowest BCUT2D eigenvalue weighted by atomic mass is 9.97. The molecule has 0 aromatic heterocycles. The maximum Gasteiger partial charge on any atom is 0.320 e. The van der Waals surface area contributed by atoms with E-state index in [9.17, 15) is 13.8 Å². The number of rotatable bonds is 2. The summed E-state index contributed by atoms with van der Waals surface area (Å²) in [7, 11) is -0.780. The fourth-order valence-electron chi connectivity index (χ4n) is 2.13. The molecule has 0 bridgehead atoms. The molecule has 0 aromatic carbocycles. The van der Waals surface area contributed by atoms with Gasteiger partial charge in [-0.05, 0) is 0 Å². The lowest BCUT2D eigenvalue weighted by molar-refractivity contribution is -0.139. The fourth-order valence-corrected chi connectivity index (χ4v) is 3.18. The topological polar surface area (TPSA) is 77.9 Å². The zero-order valence-electron chi connectivity index (χ0n) is 9.50. The molecule has 2 heterocycles. The molecule has 0 saturated carbocycles. The second-order valence-corrected chi connectivity index (χ2v) is 6.18. The SMILES string of the molecule is O=C(O)CC1CN(C(=O)N2CCS(=O)CC2)C1. The number of likely N-dealkylation sites (tertiary alicyclic amines) is 1. The molecule has 0 unspecified atom stereocenters. The number of carbonyl (C=O) groups is 2. The number of carbonyl (C=O) groups excluding carboxylic acids is 1. The van der Waals surface area contributed by atoms with E-state index in [1.807, 2.05) is 0 Å². The third kappa shape index (κ3) is 2.96. The Morgan fingerprint density at radius 1 is 1.18 bits per heavy atom. The standard InChI is InChI=1S/C10H16N2O4S/c13-9(14)5-8-6-12(7-8)10(15)11-1-3-17(16)4-2-11/h8H,1-7H2,(H,13,14). The van der Waals surface area contributed by atoms with Crippen molar-refractivity contribution in [2.75, 3.05) is 37.7 Å². The van der Waals surface area contributed by atoms with Gasteiger partial charge < -0.3 is 14.9 Å². The molecule has 1 N–H and O–H groups in total. The number of hydrogen-bond donors (Lipinski definition) is 1. The van der Waals surface area contributed by atoms with E-state index >= 15 is 0 Å². The second kappa shape index (κ2) is 5.03. The van der Waals surface area contributed by atoms with E-state index in [0.29, 0.717) is 37.7 Å². The van der Waals surface area contributed by atoms with E-state index in [1.54, 1.807) is 9.80 Å². The number of carboxylic acids is 1. The van der Waals surface area contributed by atoms with Crippen LogP contribution >= 0.6 is 0 Å². The minimum absolute atomic E-state index is 0.0386. The molecule has 0 spiro atoms. The Morgan fingerprint density at radius 2 is 1.76 bits per heavy atom. The van der Waals surface area contributed by atoms with Crippen LogP contribution in [0.15, 0.2) is 0 Å². The van der Waals surface area contributed by atoms with Crippen LogP contribution in [0.4, 0.5) is 4.79 Å². The first-order valence-corrected chi connectivity index (χ1v) is 7.15. The molecule has 0 radical (unpaired) electrons. The minimum atomic E-state index is -0.810. The van der Waals surface area contributed by atoms with Gasteiger partial charge in [0, 0.05) is 54.4 Å². The molecule has 17 heavy (non-hydrogen) atoms. The van der Waals surface area contributed by atoms with Gasteiger partial charge in [-0.25, -0.2) is 4.79 Å². The van der Waals surface area contributed by atoms with Crippen LogP contribution in [0.25, 0.3) is 0 Å². The normalized spacial score (nSPS) is 22.4. The summed E-state index contributed by atoms with van der Waals surface area (Å²) in [6.07, 6.45) is 0.133. The van der Waals surface area contributed by atoms with E-state index in [-0.39, 0.29) is 18.4 Å². The van der Waals surface area contributed by atoms with Crippen LogP contribution in [0.5, 0.6) is 0 Å². The maximum absolute atomic E-state index is 11.9. The van der Waals surface area contributed by atoms with Crippen LogP contribution in [0.2, 0.25) is 0 Å². The average molecular weight is 260 g/mol. The molecule has 7 heteroatoms. The summed E-state index contributed by atoms with van der Waals surface area (Å²) >= 11 is 0. The second-order valence-electron chi connectivity index (χ2n) is 4.49. The molecular weight excluding hydrogens is 244 g/mol. The highest BCUT2D eigenvalue weighted by Gasteiger charge is 2.35. The molecule has 2 saturated heterocycles. The molecule has 2 amide bonds. The van der Waals surface area contributed by atoms with Crippen molar-refractivity contribution in [1.29, 1.82) is 0 Å². The predicted molar refractivity (Wildman–Crippen MR) is 62.2 cm³/mol. The number of carboxylic acid groups (broad SMARTS) is 1. The highest BCUT2D eigenvalue weighted by molar-refractivity contribution is 7.85. The third-order valence-electron chi connectivity index (χ3n) is 3.14. The van der Waals surface area contributed by atoms with E-state index in [1.165, 1.54) is 0 Å². The molecule has 6 nitrogen and oxygen atoms in total. The van der Waals surface area contributed by atoms with Crippen LogP contribution in [0, 0.1) is 5.92 Å². The third-order valence-corrected chi connectivity index (χ3v) is 4.42. The molecule has 2 aliphatic rings. The van der Waals surface area contributed by atoms with Crippen molar-refractivity contribution in [3.05, 3.63) is 0 Å². The lowest BCUT2D eigenvalue weighted by Gasteiger charge is -2.42. The van der Waals surface area contributed by atoms with Gasteiger partial charge in [-0.3, -0.25) is 9.00 Å². The summed E-state index contributed by atoms with van der Waals surface area (Å²) in [5, 5.41) is 8.60. The van der Waals surface area contributed by atoms with Gasteiger partial charge in [-0.2, -0.15) is 0 Å². The monoisotopic (exact) mass is 260 g/mol. The molecule has 2 aliphatic heterocycles. The highest BCUT2D eigenvalue weighted by atomic mass is 32.2. The number of nitrogens with zero attached hydrogens (tertiary/aromatic N) is 2. The first-order valence-electron chi connectivity index (χ1n) is 5.67. The number of urea groups is 1. The zero-order valence-corrected chi connectivity index (χ0v) is 10.3. The van der Waals surface area contributed by atoms with Gasteiger partial charge in [0.25, 0.3) is 0 Å². The van der Waals surface area contributed by atoms with Crippen LogP contribution in [-0.2, 0) is 15.6 Å². The van der Waals surface area contributed by atoms with Crippen molar-refractivity contribution in [3.8, 4) is 0 Å². The number of hydrogen-bond acceptors (Lipinski definition) is 3. The van der Waals surface area contributed by atoms with E-state index < -0.39 is 16.8 Å². The fraction of sp³-hybridized carbons (Fsp3) is 0.800. The molecule has 2 fully saturated rings. The van der Waals surface area contributed by atoms with Gasteiger partial charge in [0.05, 0.1) is 6.42 Å². The summed E-state index contributed by atoms with van der Waals surface area (Å²) in [5.74, 6) is 0.391. The minimum Gasteiger partial charge on any atom is -0.481 e. The molecule has 0 aliphatic carbocycles. The summed E-state index contributed by atoms with van der Waals surface area (Å²) in [6.45, 7) is 2.16. The van der Waals surface area contributed by atoms with E-state index in [2.05, 4.69) is 0 Å². The number of aliphatic carboxylic acids is 1. The van der Waals surface area contributed by atoms with Crippen molar-refractivity contribution in [2.45, 2.75) is 6.42 Å². The van der Waals surface area contributed by atoms with Crippen molar-refractivity contribution >= 4 is 22.8 Å². The average Bonchev–Trinajstić information content (AvgIpc) is 2.23. The Morgan fingerprint density at radius 3 is 2.29 bits per heavy atom. The highest BCUT2D eigenvalue weighted by Crippen LogP contribution is 2.21. The summed E-state index contributed by atoms with van der Waals surface area (Å²) in [5.41, 5.74) is 0. The van der Waals surface area contributed by atoms with Gasteiger partial charge >= 0.3 is 12.0 Å². The van der Waals surface area contributed by atoms with Crippen molar-refractivity contribution in [3.63, 3.8) is 0 Å². The first-order chi connectivity index (χ1) is 8.06. The Bertz CT molecular complexity index is 344. The van der Waals surface area contributed by atoms with Crippen molar-refractivity contribution < 1.29 is 18.9 Å². The van der Waals surface area contributed by atoms with Crippen LogP contribution in [0.3, 0.4) is 0 Å². The van der Waals surface area contributed by atoms with Crippen molar-refractivity contribution in [2.24, 2.45) is 5.92 Å². The van der Waals surface area contributed by atoms with Gasteiger partial charge in [0.2, 0.25) is 0 Å². The summed E-state index contributed by atoms with van der Waals surface area (Å²) in [6, 6.07) is -0.0386. The van der Waals surface area contributed by atoms with Gasteiger partial charge in [-0.15, -0.1) is 0 Å². The molecule has 0 aromatic rings. The van der Waals surface area contributed by atoms with Gasteiger partial charge in [0.15, 0.2) is 0 Å². The van der Waals surface area contributed by atoms with Crippen LogP contribution < -0.4 is 0 Å². The molecule has 2 rings (SSSR count). The summed E-state index contributed by atoms with van der Waals surface area (Å²) in [4.78, 5) is 25.8. The van der Waals surface area contributed by atoms with E-state index in [4.69, 9.17) is 5.11 Å². The van der Waals surface area contributed by atoms with Crippen molar-refractivity contribution in [1.82, 2.24) is 9.80 Å². The number of amides is 2. The smallest absolute Gasteiger partial charge is 0.320 e. The molecular formula is C10H16N2O4S. The quantitative estimate of drug-likeness (QED) is 0.731. The lowest BCUT2D eigenvalue weighted by Crippen LogP contribution is -2.57. The van der Waals surface area contributed by atoms with Crippen LogP contribution in [-0.4, -0.2) is 68.8 Å². The van der Waals surface area contributed by atoms with Gasteiger partial charge in [0.1, 0.15) is 0 Å². The summed E-state index contributed by atoms with van der Waals surface area (Å²) < 4.78 is 11.2. The van der Waals surface area contributed by atoms with Gasteiger partial charge in [-0.1, -0.05) is 0 Å². The Hall–Kier alpha value is -1.11. The predicted octanol–water partition coefficient (Wildman–Crippen LogP) is -0.423. The molecule has 96 valence electrons. The molecule has 0 atom stereocenters. The Balaban J connectivity index is 1.75. The Labute approximate surface area is 102 Å². The first kappa shape index (κ1) is 12.3. The Kier molecular flexibility index (Phi) is 3.66.